The quantitative estimate of drug-likeness (QED) is 0.500. The lowest BCUT2D eigenvalue weighted by molar-refractivity contribution is -0.142. The number of oxazole rings is 1. The van der Waals surface area contributed by atoms with Crippen molar-refractivity contribution in [1.29, 1.82) is 0 Å². The molecule has 0 saturated heterocycles. The van der Waals surface area contributed by atoms with Gasteiger partial charge in [0.25, 0.3) is 0 Å². The minimum Gasteiger partial charge on any atom is -0.457 e. The van der Waals surface area contributed by atoms with E-state index in [1.54, 1.807) is 30.3 Å². The van der Waals surface area contributed by atoms with Gasteiger partial charge >= 0.3 is 11.7 Å². The minimum absolute atomic E-state index is 0.0243. The molecule has 0 spiro atoms. The first-order chi connectivity index (χ1) is 12.4. The zero-order valence-corrected chi connectivity index (χ0v) is 14.9. The number of fused-ring (bicyclic) bond motifs is 1. The smallest absolute Gasteiger partial charge is 0.419 e. The first-order valence-corrected chi connectivity index (χ1v) is 8.28. The summed E-state index contributed by atoms with van der Waals surface area (Å²) in [7, 11) is 1.88. The number of carbonyl (C=O) groups excluding carboxylic acids is 2. The van der Waals surface area contributed by atoms with Gasteiger partial charge in [0.2, 0.25) is 5.78 Å². The van der Waals surface area contributed by atoms with Crippen LogP contribution in [0.3, 0.4) is 0 Å². The number of nitrogens with zero attached hydrogens (tertiary/aromatic N) is 2. The third kappa shape index (κ3) is 3.33. The van der Waals surface area contributed by atoms with Crippen LogP contribution in [0.15, 0.2) is 39.5 Å². The summed E-state index contributed by atoms with van der Waals surface area (Å²) in [6.07, 6.45) is -0.0243. The van der Waals surface area contributed by atoms with E-state index in [4.69, 9.17) is 9.15 Å². The molecule has 26 heavy (non-hydrogen) atoms. The zero-order chi connectivity index (χ0) is 18.8. The number of hydrogen-bond donors (Lipinski definition) is 0. The standard InChI is InChI=1S/C19H20N2O5/c1-12-10-14(13(2)20(12)3)16(22)11-25-18(23)8-9-21-15-6-4-5-7-17(15)26-19(21)24/h4-7,10H,8-9,11H2,1-3H3. The molecule has 0 fully saturated rings. The summed E-state index contributed by atoms with van der Waals surface area (Å²) in [6, 6.07) is 8.77. The molecule has 1 aromatic carbocycles. The molecule has 7 heteroatoms. The van der Waals surface area contributed by atoms with E-state index in [1.165, 1.54) is 4.57 Å². The Labute approximate surface area is 149 Å². The monoisotopic (exact) mass is 356 g/mol. The number of para-hydroxylation sites is 2. The third-order valence-electron chi connectivity index (χ3n) is 4.55. The number of Topliss-reactive ketones (excluding diaryl/α,β-unsaturated/α-hetero) is 1. The predicted octanol–water partition coefficient (Wildman–Crippen LogP) is 2.37. The molecule has 0 aliphatic heterocycles. The molecule has 0 radical (unpaired) electrons. The molecular weight excluding hydrogens is 336 g/mol. The van der Waals surface area contributed by atoms with Crippen LogP contribution in [0.25, 0.3) is 11.1 Å². The lowest BCUT2D eigenvalue weighted by atomic mass is 10.1. The Balaban J connectivity index is 1.59. The van der Waals surface area contributed by atoms with Gasteiger partial charge in [0, 0.05) is 30.5 Å². The van der Waals surface area contributed by atoms with Gasteiger partial charge in [-0.3, -0.25) is 14.2 Å². The van der Waals surface area contributed by atoms with Crippen LogP contribution in [-0.4, -0.2) is 27.5 Å². The van der Waals surface area contributed by atoms with E-state index < -0.39 is 11.7 Å². The number of aromatic nitrogens is 2. The maximum atomic E-state index is 12.2. The van der Waals surface area contributed by atoms with E-state index >= 15 is 0 Å². The SMILES string of the molecule is Cc1cc(C(=O)COC(=O)CCn2c(=O)oc3ccccc32)c(C)n1C. The lowest BCUT2D eigenvalue weighted by Crippen LogP contribution is -2.19. The van der Waals surface area contributed by atoms with Crippen molar-refractivity contribution in [3.05, 3.63) is 57.8 Å². The fourth-order valence-electron chi connectivity index (χ4n) is 2.86. The van der Waals surface area contributed by atoms with Crippen molar-refractivity contribution in [2.24, 2.45) is 7.05 Å². The van der Waals surface area contributed by atoms with Crippen molar-refractivity contribution in [1.82, 2.24) is 9.13 Å². The Kier molecular flexibility index (Phi) is 4.79. The molecule has 2 aromatic heterocycles. The van der Waals surface area contributed by atoms with Gasteiger partial charge in [-0.1, -0.05) is 12.1 Å². The Morgan fingerprint density at radius 2 is 1.92 bits per heavy atom. The predicted molar refractivity (Wildman–Crippen MR) is 95.3 cm³/mol. The molecule has 0 N–H and O–H groups in total. The van der Waals surface area contributed by atoms with Gasteiger partial charge in [0.05, 0.1) is 11.9 Å². The van der Waals surface area contributed by atoms with Crippen molar-refractivity contribution in [3.8, 4) is 0 Å². The highest BCUT2D eigenvalue weighted by Crippen LogP contribution is 2.14. The number of ketones is 1. The van der Waals surface area contributed by atoms with E-state index in [0.29, 0.717) is 16.7 Å². The lowest BCUT2D eigenvalue weighted by Gasteiger charge is -2.05. The highest BCUT2D eigenvalue weighted by Gasteiger charge is 2.16. The number of aryl methyl sites for hydroxylation is 2. The zero-order valence-electron chi connectivity index (χ0n) is 14.9. The van der Waals surface area contributed by atoms with Crippen LogP contribution in [0, 0.1) is 13.8 Å². The van der Waals surface area contributed by atoms with E-state index in [-0.39, 0.29) is 25.4 Å². The fraction of sp³-hybridized carbons (Fsp3) is 0.316. The number of hydrogen-bond acceptors (Lipinski definition) is 5. The van der Waals surface area contributed by atoms with Crippen LogP contribution >= 0.6 is 0 Å². The molecule has 0 saturated carbocycles. The summed E-state index contributed by atoms with van der Waals surface area (Å²) >= 11 is 0. The van der Waals surface area contributed by atoms with Crippen LogP contribution < -0.4 is 5.76 Å². The van der Waals surface area contributed by atoms with Gasteiger partial charge in [-0.05, 0) is 32.0 Å². The Hall–Kier alpha value is -3.09. The summed E-state index contributed by atoms with van der Waals surface area (Å²) in [5.74, 6) is -1.31. The largest absolute Gasteiger partial charge is 0.457 e. The minimum atomic E-state index is -0.541. The maximum Gasteiger partial charge on any atom is 0.419 e. The number of ether oxygens (including phenoxy) is 1. The van der Waals surface area contributed by atoms with Gasteiger partial charge in [-0.15, -0.1) is 0 Å². The highest BCUT2D eigenvalue weighted by molar-refractivity contribution is 5.99. The highest BCUT2D eigenvalue weighted by atomic mass is 16.5. The first-order valence-electron chi connectivity index (χ1n) is 8.28. The topological polar surface area (TPSA) is 83.4 Å². The second-order valence-corrected chi connectivity index (χ2v) is 6.17. The van der Waals surface area contributed by atoms with E-state index in [9.17, 15) is 14.4 Å². The molecule has 0 aliphatic rings. The summed E-state index contributed by atoms with van der Waals surface area (Å²) in [5, 5.41) is 0. The summed E-state index contributed by atoms with van der Waals surface area (Å²) in [6.45, 7) is 3.57. The van der Waals surface area contributed by atoms with Gasteiger partial charge in [0.1, 0.15) is 0 Å². The van der Waals surface area contributed by atoms with Crippen molar-refractivity contribution in [2.75, 3.05) is 6.61 Å². The van der Waals surface area contributed by atoms with Crippen molar-refractivity contribution >= 4 is 22.9 Å². The molecule has 3 rings (SSSR count). The molecule has 0 bridgehead atoms. The molecule has 0 unspecified atom stereocenters. The normalized spacial score (nSPS) is 11.0. The molecular formula is C19H20N2O5. The number of carbonyl (C=O) groups is 2. The van der Waals surface area contributed by atoms with E-state index in [2.05, 4.69) is 0 Å². The molecule has 136 valence electrons. The van der Waals surface area contributed by atoms with Gasteiger partial charge in [-0.2, -0.15) is 0 Å². The molecule has 7 nitrogen and oxygen atoms in total. The third-order valence-corrected chi connectivity index (χ3v) is 4.55. The second kappa shape index (κ2) is 7.03. The number of esters is 1. The molecule has 3 aromatic rings. The van der Waals surface area contributed by atoms with Crippen LogP contribution in [0.1, 0.15) is 28.2 Å². The summed E-state index contributed by atoms with van der Waals surface area (Å²) in [5.41, 5.74) is 3.44. The number of rotatable bonds is 6. The molecule has 0 amide bonds. The van der Waals surface area contributed by atoms with Gasteiger partial charge < -0.3 is 13.7 Å². The van der Waals surface area contributed by atoms with E-state index in [1.807, 2.05) is 25.5 Å². The van der Waals surface area contributed by atoms with Crippen LogP contribution in [-0.2, 0) is 23.1 Å². The average molecular weight is 356 g/mol. The Morgan fingerprint density at radius 3 is 2.62 bits per heavy atom. The molecule has 2 heterocycles. The summed E-state index contributed by atoms with van der Waals surface area (Å²) in [4.78, 5) is 36.1. The van der Waals surface area contributed by atoms with Crippen LogP contribution in [0.5, 0.6) is 0 Å². The maximum absolute atomic E-state index is 12.2. The van der Waals surface area contributed by atoms with Crippen LogP contribution in [0.4, 0.5) is 0 Å². The molecule has 0 atom stereocenters. The molecule has 0 aliphatic carbocycles. The fourth-order valence-corrected chi connectivity index (χ4v) is 2.86. The Bertz CT molecular complexity index is 1040. The van der Waals surface area contributed by atoms with E-state index in [0.717, 1.165) is 11.4 Å². The number of benzene rings is 1. The second-order valence-electron chi connectivity index (χ2n) is 6.17. The summed E-state index contributed by atoms with van der Waals surface area (Å²) < 4.78 is 13.5. The van der Waals surface area contributed by atoms with Crippen molar-refractivity contribution < 1.29 is 18.7 Å². The average Bonchev–Trinajstić information content (AvgIpc) is 3.08. The van der Waals surface area contributed by atoms with Gasteiger partial charge in [0.15, 0.2) is 12.2 Å². The first kappa shape index (κ1) is 17.7. The van der Waals surface area contributed by atoms with Gasteiger partial charge in [-0.25, -0.2) is 4.79 Å². The Morgan fingerprint density at radius 1 is 1.19 bits per heavy atom. The van der Waals surface area contributed by atoms with Crippen molar-refractivity contribution in [3.63, 3.8) is 0 Å². The van der Waals surface area contributed by atoms with Crippen LogP contribution in [0.2, 0.25) is 0 Å². The van der Waals surface area contributed by atoms with Crippen molar-refractivity contribution in [2.45, 2.75) is 26.8 Å².